The minimum absolute atomic E-state index is 0.0138. The summed E-state index contributed by atoms with van der Waals surface area (Å²) in [7, 11) is 0. The zero-order valence-corrected chi connectivity index (χ0v) is 13.6. The van der Waals surface area contributed by atoms with Crippen LogP contribution in [0.1, 0.15) is 33.3 Å². The van der Waals surface area contributed by atoms with Crippen LogP contribution in [0.2, 0.25) is 5.02 Å². The Bertz CT molecular complexity index is 514. The predicted molar refractivity (Wildman–Crippen MR) is 83.8 cm³/mol. The van der Waals surface area contributed by atoms with Gasteiger partial charge in [0, 0.05) is 18.5 Å². The fraction of sp³-hybridized carbons (Fsp3) is 0.533. The van der Waals surface area contributed by atoms with Gasteiger partial charge < -0.3 is 20.9 Å². The average molecular weight is 315 g/mol. The second-order valence-corrected chi connectivity index (χ2v) is 6.69. The summed E-state index contributed by atoms with van der Waals surface area (Å²) < 4.78 is 5.20. The van der Waals surface area contributed by atoms with Crippen molar-refractivity contribution in [2.75, 3.05) is 13.1 Å². The fourth-order valence-electron chi connectivity index (χ4n) is 1.76. The molecule has 0 fully saturated rings. The van der Waals surface area contributed by atoms with Gasteiger partial charge in [0.25, 0.3) is 0 Å². The molecule has 5 nitrogen and oxygen atoms in total. The van der Waals surface area contributed by atoms with Crippen molar-refractivity contribution < 1.29 is 14.6 Å². The molecule has 1 rings (SSSR count). The van der Waals surface area contributed by atoms with Crippen LogP contribution in [-0.4, -0.2) is 29.9 Å². The highest BCUT2D eigenvalue weighted by Crippen LogP contribution is 2.30. The molecule has 1 unspecified atom stereocenters. The first-order chi connectivity index (χ1) is 9.57. The molecule has 4 N–H and O–H groups in total. The molecule has 0 aliphatic rings. The smallest absolute Gasteiger partial charge is 0.407 e. The van der Waals surface area contributed by atoms with E-state index in [-0.39, 0.29) is 10.8 Å². The summed E-state index contributed by atoms with van der Waals surface area (Å²) in [5.41, 5.74) is 5.62. The molecule has 0 saturated heterocycles. The maximum Gasteiger partial charge on any atom is 0.407 e. The Hall–Kier alpha value is -1.46. The van der Waals surface area contributed by atoms with Crippen LogP contribution in [0.25, 0.3) is 0 Å². The first kappa shape index (κ1) is 17.6. The zero-order chi connectivity index (χ0) is 16.3. The van der Waals surface area contributed by atoms with Crippen LogP contribution >= 0.6 is 11.6 Å². The SMILES string of the molecule is CC(C)(C)OC(=O)NCC(C)(CN)c1ccc(O)c(Cl)c1. The van der Waals surface area contributed by atoms with Gasteiger partial charge in [-0.15, -0.1) is 0 Å². The van der Waals surface area contributed by atoms with Crippen LogP contribution in [0.3, 0.4) is 0 Å². The third kappa shape index (κ3) is 5.10. The zero-order valence-electron chi connectivity index (χ0n) is 12.9. The van der Waals surface area contributed by atoms with Gasteiger partial charge in [-0.25, -0.2) is 4.79 Å². The Morgan fingerprint density at radius 3 is 2.48 bits per heavy atom. The fourth-order valence-corrected chi connectivity index (χ4v) is 1.94. The lowest BCUT2D eigenvalue weighted by atomic mass is 9.82. The summed E-state index contributed by atoms with van der Waals surface area (Å²) in [6.45, 7) is 7.92. The van der Waals surface area contributed by atoms with Crippen LogP contribution in [0.15, 0.2) is 18.2 Å². The van der Waals surface area contributed by atoms with Crippen LogP contribution < -0.4 is 11.1 Å². The summed E-state index contributed by atoms with van der Waals surface area (Å²) in [5.74, 6) is 0.0138. The number of phenolic OH excluding ortho intramolecular Hbond substituents is 1. The van der Waals surface area contributed by atoms with Crippen LogP contribution in [0.5, 0.6) is 5.75 Å². The summed E-state index contributed by atoms with van der Waals surface area (Å²) >= 11 is 5.92. The van der Waals surface area contributed by atoms with Crippen molar-refractivity contribution >= 4 is 17.7 Å². The molecular weight excluding hydrogens is 292 g/mol. The molecule has 0 radical (unpaired) electrons. The number of hydrogen-bond acceptors (Lipinski definition) is 4. The molecule has 0 bridgehead atoms. The number of nitrogens with two attached hydrogens (primary N) is 1. The molecule has 1 aromatic carbocycles. The number of hydrogen-bond donors (Lipinski definition) is 3. The number of aromatic hydroxyl groups is 1. The Balaban J connectivity index is 2.80. The van der Waals surface area contributed by atoms with Crippen molar-refractivity contribution in [3.63, 3.8) is 0 Å². The van der Waals surface area contributed by atoms with Crippen molar-refractivity contribution in [1.82, 2.24) is 5.32 Å². The molecule has 0 spiro atoms. The van der Waals surface area contributed by atoms with E-state index in [1.807, 2.05) is 6.92 Å². The second kappa shape index (κ2) is 6.54. The molecule has 118 valence electrons. The molecule has 0 aliphatic heterocycles. The van der Waals surface area contributed by atoms with Crippen LogP contribution in [0.4, 0.5) is 4.79 Å². The Kier molecular flexibility index (Phi) is 5.48. The minimum atomic E-state index is -0.551. The Morgan fingerprint density at radius 1 is 1.38 bits per heavy atom. The van der Waals surface area contributed by atoms with E-state index in [1.165, 1.54) is 6.07 Å². The second-order valence-electron chi connectivity index (χ2n) is 6.29. The van der Waals surface area contributed by atoms with Gasteiger partial charge in [0.05, 0.1) is 5.02 Å². The number of benzene rings is 1. The van der Waals surface area contributed by atoms with E-state index in [9.17, 15) is 9.90 Å². The van der Waals surface area contributed by atoms with Crippen molar-refractivity contribution in [1.29, 1.82) is 0 Å². The van der Waals surface area contributed by atoms with E-state index in [0.717, 1.165) is 5.56 Å². The summed E-state index contributed by atoms with van der Waals surface area (Å²) in [6.07, 6.45) is -0.493. The lowest BCUT2D eigenvalue weighted by molar-refractivity contribution is 0.0516. The van der Waals surface area contributed by atoms with Crippen molar-refractivity contribution in [3.8, 4) is 5.75 Å². The van der Waals surface area contributed by atoms with Gasteiger partial charge in [-0.05, 0) is 38.5 Å². The monoisotopic (exact) mass is 314 g/mol. The van der Waals surface area contributed by atoms with Gasteiger partial charge in [0.1, 0.15) is 11.4 Å². The van der Waals surface area contributed by atoms with Gasteiger partial charge in [-0.3, -0.25) is 0 Å². The Labute approximate surface area is 130 Å². The van der Waals surface area contributed by atoms with Gasteiger partial charge in [0.15, 0.2) is 0 Å². The number of nitrogens with one attached hydrogen (secondary N) is 1. The highest BCUT2D eigenvalue weighted by atomic mass is 35.5. The molecule has 0 aromatic heterocycles. The number of ether oxygens (including phenoxy) is 1. The topological polar surface area (TPSA) is 84.6 Å². The van der Waals surface area contributed by atoms with Gasteiger partial charge in [0.2, 0.25) is 0 Å². The Morgan fingerprint density at radius 2 is 2.00 bits per heavy atom. The average Bonchev–Trinajstić information content (AvgIpc) is 2.37. The standard InChI is InChI=1S/C15H23ClN2O3/c1-14(2,3)21-13(20)18-9-15(4,8-17)10-5-6-12(19)11(16)7-10/h5-7,19H,8-9,17H2,1-4H3,(H,18,20). The molecule has 0 saturated carbocycles. The lowest BCUT2D eigenvalue weighted by Gasteiger charge is -2.30. The van der Waals surface area contributed by atoms with Gasteiger partial charge >= 0.3 is 6.09 Å². The van der Waals surface area contributed by atoms with E-state index < -0.39 is 17.1 Å². The van der Waals surface area contributed by atoms with Crippen molar-refractivity contribution in [3.05, 3.63) is 28.8 Å². The highest BCUT2D eigenvalue weighted by Gasteiger charge is 2.27. The molecule has 21 heavy (non-hydrogen) atoms. The third-order valence-electron chi connectivity index (χ3n) is 3.12. The number of carbonyl (C=O) groups is 1. The van der Waals surface area contributed by atoms with Gasteiger partial charge in [-0.2, -0.15) is 0 Å². The molecular formula is C15H23ClN2O3. The van der Waals surface area contributed by atoms with Gasteiger partial charge in [-0.1, -0.05) is 24.6 Å². The number of carbonyl (C=O) groups excluding carboxylic acids is 1. The molecule has 1 aromatic rings. The molecule has 0 aliphatic carbocycles. The number of phenols is 1. The first-order valence-electron chi connectivity index (χ1n) is 6.73. The number of halogens is 1. The van der Waals surface area contributed by atoms with E-state index in [4.69, 9.17) is 22.1 Å². The van der Waals surface area contributed by atoms with E-state index in [0.29, 0.717) is 13.1 Å². The lowest BCUT2D eigenvalue weighted by Crippen LogP contribution is -2.45. The highest BCUT2D eigenvalue weighted by molar-refractivity contribution is 6.32. The summed E-state index contributed by atoms with van der Waals surface area (Å²) in [4.78, 5) is 11.7. The summed E-state index contributed by atoms with van der Waals surface area (Å²) in [6, 6.07) is 4.91. The van der Waals surface area contributed by atoms with E-state index >= 15 is 0 Å². The van der Waals surface area contributed by atoms with E-state index in [1.54, 1.807) is 32.9 Å². The maximum absolute atomic E-state index is 11.7. The van der Waals surface area contributed by atoms with Crippen molar-refractivity contribution in [2.24, 2.45) is 5.73 Å². The molecule has 6 heteroatoms. The molecule has 0 heterocycles. The van der Waals surface area contributed by atoms with E-state index in [2.05, 4.69) is 5.32 Å². The van der Waals surface area contributed by atoms with Crippen LogP contribution in [-0.2, 0) is 10.2 Å². The quantitative estimate of drug-likeness (QED) is 0.798. The first-order valence-corrected chi connectivity index (χ1v) is 7.11. The predicted octanol–water partition coefficient (Wildman–Crippen LogP) is 2.79. The third-order valence-corrected chi connectivity index (χ3v) is 3.42. The molecule has 1 atom stereocenters. The maximum atomic E-state index is 11.7. The van der Waals surface area contributed by atoms with Crippen LogP contribution in [0, 0.1) is 0 Å². The summed E-state index contributed by atoms with van der Waals surface area (Å²) in [5, 5.41) is 12.4. The van der Waals surface area contributed by atoms with Crippen molar-refractivity contribution in [2.45, 2.75) is 38.7 Å². The largest absolute Gasteiger partial charge is 0.506 e. The minimum Gasteiger partial charge on any atom is -0.506 e. The number of amides is 1. The number of rotatable bonds is 4. The normalized spacial score (nSPS) is 14.4. The number of alkyl carbamates (subject to hydrolysis) is 1. The molecule has 1 amide bonds.